The van der Waals surface area contributed by atoms with Crippen LogP contribution in [0.2, 0.25) is 0 Å². The summed E-state index contributed by atoms with van der Waals surface area (Å²) in [7, 11) is -2.13. The number of hydrogen-bond donors (Lipinski definition) is 0. The van der Waals surface area contributed by atoms with E-state index in [9.17, 15) is 8.42 Å². The second-order valence-corrected chi connectivity index (χ2v) is 5.46. The van der Waals surface area contributed by atoms with E-state index in [4.69, 9.17) is 10.1 Å². The van der Waals surface area contributed by atoms with Gasteiger partial charge in [0.15, 0.2) is 4.98 Å². The summed E-state index contributed by atoms with van der Waals surface area (Å²) in [5, 5.41) is 8.83. The molecule has 1 aromatic rings. The van der Waals surface area contributed by atoms with Crippen molar-refractivity contribution in [3.05, 3.63) is 23.2 Å². The van der Waals surface area contributed by atoms with Crippen LogP contribution in [-0.4, -0.2) is 32.9 Å². The first kappa shape index (κ1) is 34.5. The van der Waals surface area contributed by atoms with Crippen molar-refractivity contribution < 1.29 is 82.3 Å². The molecule has 0 saturated heterocycles. The third-order valence-electron chi connectivity index (χ3n) is 2.60. The number of diazo groups is 1. The molecule has 1 aromatic carbocycles. The monoisotopic (exact) mass is 474 g/mol. The van der Waals surface area contributed by atoms with Crippen LogP contribution >= 0.6 is 0 Å². The Morgan fingerprint density at radius 2 is 1.61 bits per heavy atom. The number of hydrogen-bond acceptors (Lipinski definition) is 4. The van der Waals surface area contributed by atoms with Gasteiger partial charge < -0.3 is 54.4 Å². The van der Waals surface area contributed by atoms with E-state index < -0.39 is 10.0 Å². The van der Waals surface area contributed by atoms with Crippen molar-refractivity contribution in [1.29, 1.82) is 5.39 Å². The quantitative estimate of drug-likeness (QED) is 0.312. The van der Waals surface area contributed by atoms with Gasteiger partial charge >= 0.3 is 25.2 Å². The van der Waals surface area contributed by atoms with Crippen LogP contribution in [0.1, 0.15) is 13.8 Å². The molecule has 0 aliphatic heterocycles. The van der Waals surface area contributed by atoms with Crippen LogP contribution in [0.5, 0.6) is 5.75 Å². The summed E-state index contributed by atoms with van der Waals surface area (Å²) in [5.74, 6) is 0.316. The zero-order chi connectivity index (χ0) is 13.8. The molecule has 12 heteroatoms. The Balaban J connectivity index is -0.000000216. The maximum Gasteiger partial charge on any atom is 2.00 e. The molecule has 0 radical (unpaired) electrons. The fourth-order valence-electron chi connectivity index (χ4n) is 1.62. The number of methoxy groups -OCH3 is 1. The molecule has 1 rings (SSSR count). The predicted octanol–water partition coefficient (Wildman–Crippen LogP) is -9.78. The standard InChI is InChI=1S/C11H16N3O3S.4ClH.Zn/c1-4-14(5-2)18(15,16)9-6-7-11(17-3)10(8-9)13-12;;;;;/h6-8H,4-5H2,1-3H3;4*1H;/q+1;;;;;+2/p-4. The van der Waals surface area contributed by atoms with Crippen LogP contribution < -0.4 is 54.4 Å². The van der Waals surface area contributed by atoms with E-state index >= 15 is 0 Å². The van der Waals surface area contributed by atoms with E-state index in [1.807, 2.05) is 0 Å². The van der Waals surface area contributed by atoms with E-state index in [-0.39, 0.29) is 79.7 Å². The topological polar surface area (TPSA) is 74.8 Å². The van der Waals surface area contributed by atoms with E-state index in [1.165, 1.54) is 29.6 Å². The molecular formula is C11H16Cl4N3O3SZn-. The molecule has 0 heterocycles. The first-order valence-electron chi connectivity index (χ1n) is 5.54. The van der Waals surface area contributed by atoms with E-state index in [0.29, 0.717) is 18.8 Å². The first-order chi connectivity index (χ1) is 8.51. The van der Waals surface area contributed by atoms with Crippen LogP contribution in [0.25, 0.3) is 4.98 Å². The van der Waals surface area contributed by atoms with Crippen molar-refractivity contribution in [2.45, 2.75) is 18.7 Å². The number of benzene rings is 1. The molecular weight excluding hydrogens is 461 g/mol. The maximum absolute atomic E-state index is 12.2. The molecule has 0 bridgehead atoms. The van der Waals surface area contributed by atoms with Crippen LogP contribution in [0.4, 0.5) is 5.69 Å². The van der Waals surface area contributed by atoms with Crippen LogP contribution in [0.3, 0.4) is 0 Å². The summed E-state index contributed by atoms with van der Waals surface area (Å²) >= 11 is 0. The Kier molecular flexibility index (Phi) is 23.4. The molecule has 0 amide bonds. The summed E-state index contributed by atoms with van der Waals surface area (Å²) in [6, 6.07) is 4.18. The van der Waals surface area contributed by atoms with Gasteiger partial charge in [-0.15, -0.1) is 0 Å². The molecule has 23 heavy (non-hydrogen) atoms. The number of nitrogens with zero attached hydrogens (tertiary/aromatic N) is 3. The summed E-state index contributed by atoms with van der Waals surface area (Å²) in [6.07, 6.45) is 0. The van der Waals surface area contributed by atoms with Gasteiger partial charge in [0, 0.05) is 13.1 Å². The fraction of sp³-hybridized carbons (Fsp3) is 0.455. The van der Waals surface area contributed by atoms with E-state index in [1.54, 1.807) is 13.8 Å². The van der Waals surface area contributed by atoms with Gasteiger partial charge in [-0.3, -0.25) is 0 Å². The molecule has 0 atom stereocenters. The van der Waals surface area contributed by atoms with Crippen LogP contribution in [-0.2, 0) is 29.5 Å². The normalized spacial score (nSPS) is 8.83. The van der Waals surface area contributed by atoms with Gasteiger partial charge in [0.05, 0.1) is 18.1 Å². The molecule has 130 valence electrons. The Bertz CT molecular complexity index is 580. The second-order valence-electron chi connectivity index (χ2n) is 3.52. The van der Waals surface area contributed by atoms with Gasteiger partial charge in [0.25, 0.3) is 0 Å². The average Bonchev–Trinajstić information content (AvgIpc) is 2.38. The minimum Gasteiger partial charge on any atom is -1.00 e. The second kappa shape index (κ2) is 15.6. The number of rotatable bonds is 5. The zero-order valence-corrected chi connectivity index (χ0v) is 19.6. The molecule has 0 aromatic heterocycles. The van der Waals surface area contributed by atoms with Gasteiger partial charge in [-0.2, -0.15) is 4.31 Å². The Morgan fingerprint density at radius 3 is 1.96 bits per heavy atom. The smallest absolute Gasteiger partial charge is 1.00 e. The van der Waals surface area contributed by atoms with Crippen molar-refractivity contribution >= 4 is 15.7 Å². The van der Waals surface area contributed by atoms with E-state index in [2.05, 4.69) is 4.98 Å². The maximum atomic E-state index is 12.2. The Morgan fingerprint density at radius 1 is 1.13 bits per heavy atom. The van der Waals surface area contributed by atoms with Crippen molar-refractivity contribution in [1.82, 2.24) is 4.31 Å². The summed E-state index contributed by atoms with van der Waals surface area (Å²) in [6.45, 7) is 4.30. The molecule has 0 fully saturated rings. The average molecular weight is 478 g/mol. The predicted molar refractivity (Wildman–Crippen MR) is 67.8 cm³/mol. The third kappa shape index (κ3) is 8.17. The number of halogens is 4. The molecule has 0 aliphatic rings. The third-order valence-corrected chi connectivity index (χ3v) is 4.65. The van der Waals surface area contributed by atoms with Crippen molar-refractivity contribution in [2.24, 2.45) is 0 Å². The number of sulfonamides is 1. The van der Waals surface area contributed by atoms with Gasteiger partial charge in [-0.25, -0.2) is 8.42 Å². The molecule has 0 unspecified atom stereocenters. The molecule has 6 nitrogen and oxygen atoms in total. The van der Waals surface area contributed by atoms with Gasteiger partial charge in [-0.05, 0) is 12.1 Å². The molecule has 0 spiro atoms. The zero-order valence-electron chi connectivity index (χ0n) is 12.8. The van der Waals surface area contributed by atoms with Crippen LogP contribution in [0.15, 0.2) is 23.1 Å². The van der Waals surface area contributed by atoms with Gasteiger partial charge in [0.1, 0.15) is 0 Å². The van der Waals surface area contributed by atoms with Gasteiger partial charge in [-0.1, -0.05) is 13.8 Å². The summed E-state index contributed by atoms with van der Waals surface area (Å²) in [5.41, 5.74) is 0.0886. The molecule has 0 saturated carbocycles. The SMILES string of the molecule is CCN(CC)S(=O)(=O)c1ccc(OC)c([N+]#N)c1.[Cl-].[Cl-].[Cl-].[Cl-].[Zn+2]. The van der Waals surface area contributed by atoms with Crippen molar-refractivity contribution in [3.8, 4) is 5.75 Å². The Hall–Kier alpha value is 0.133. The minimum absolute atomic E-state index is 0. The molecule has 0 N–H and O–H groups in total. The largest absolute Gasteiger partial charge is 2.00 e. The number of ether oxygens (including phenoxy) is 1. The van der Waals surface area contributed by atoms with E-state index in [0.717, 1.165) is 0 Å². The van der Waals surface area contributed by atoms with Crippen molar-refractivity contribution in [3.63, 3.8) is 0 Å². The molecule has 0 aliphatic carbocycles. The first-order valence-corrected chi connectivity index (χ1v) is 6.98. The summed E-state index contributed by atoms with van der Waals surface area (Å²) < 4.78 is 30.7. The van der Waals surface area contributed by atoms with Crippen LogP contribution in [0, 0.1) is 5.39 Å². The van der Waals surface area contributed by atoms with Gasteiger partial charge in [0.2, 0.25) is 21.2 Å². The minimum atomic E-state index is -3.55. The fourth-order valence-corrected chi connectivity index (χ4v) is 3.10. The van der Waals surface area contributed by atoms with Crippen molar-refractivity contribution in [2.75, 3.05) is 20.2 Å². The Labute approximate surface area is 174 Å². The summed E-state index contributed by atoms with van der Waals surface area (Å²) in [4.78, 5) is 3.10.